The zero-order valence-electron chi connectivity index (χ0n) is 10.2. The normalized spacial score (nSPS) is 25.9. The summed E-state index contributed by atoms with van der Waals surface area (Å²) in [6.07, 6.45) is 5.47. The summed E-state index contributed by atoms with van der Waals surface area (Å²) in [5, 5.41) is 3.42. The van der Waals surface area contributed by atoms with Gasteiger partial charge in [-0.15, -0.1) is 0 Å². The standard InChI is InChI=1S/C12H17N3O2S/c16-18(17)5-3-11-9(8-18)7-14-12(15-11)6-10-2-1-4-13-10/h7,10,13H,1-6,8H2. The van der Waals surface area contributed by atoms with Crippen LogP contribution in [0.5, 0.6) is 0 Å². The largest absolute Gasteiger partial charge is 0.314 e. The predicted molar refractivity (Wildman–Crippen MR) is 68.0 cm³/mol. The van der Waals surface area contributed by atoms with Gasteiger partial charge in [0.1, 0.15) is 5.82 Å². The highest BCUT2D eigenvalue weighted by molar-refractivity contribution is 7.90. The van der Waals surface area contributed by atoms with Gasteiger partial charge in [0.05, 0.1) is 11.5 Å². The van der Waals surface area contributed by atoms with Gasteiger partial charge < -0.3 is 5.32 Å². The first-order chi connectivity index (χ1) is 8.62. The number of fused-ring (bicyclic) bond motifs is 1. The van der Waals surface area contributed by atoms with E-state index in [-0.39, 0.29) is 11.5 Å². The number of hydrogen-bond donors (Lipinski definition) is 1. The lowest BCUT2D eigenvalue weighted by Crippen LogP contribution is -2.26. The van der Waals surface area contributed by atoms with Crippen LogP contribution in [0.2, 0.25) is 0 Å². The van der Waals surface area contributed by atoms with Crippen molar-refractivity contribution in [3.8, 4) is 0 Å². The quantitative estimate of drug-likeness (QED) is 0.831. The fourth-order valence-electron chi connectivity index (χ4n) is 2.63. The molecule has 0 amide bonds. The first-order valence-corrected chi connectivity index (χ1v) is 8.22. The Kier molecular flexibility index (Phi) is 3.07. The van der Waals surface area contributed by atoms with Crippen LogP contribution in [0.25, 0.3) is 0 Å². The highest BCUT2D eigenvalue weighted by Crippen LogP contribution is 2.19. The lowest BCUT2D eigenvalue weighted by atomic mass is 10.1. The van der Waals surface area contributed by atoms with Crippen molar-refractivity contribution in [3.63, 3.8) is 0 Å². The van der Waals surface area contributed by atoms with E-state index in [0.29, 0.717) is 12.5 Å². The SMILES string of the molecule is O=S1(=O)CCc2nc(CC3CCCN3)ncc2C1. The third kappa shape index (κ3) is 2.54. The Morgan fingerprint density at radius 2 is 2.33 bits per heavy atom. The van der Waals surface area contributed by atoms with Crippen molar-refractivity contribution in [2.24, 2.45) is 0 Å². The van der Waals surface area contributed by atoms with Gasteiger partial charge in [-0.25, -0.2) is 18.4 Å². The Labute approximate surface area is 107 Å². The molecular weight excluding hydrogens is 250 g/mol. The number of nitrogens with zero attached hydrogens (tertiary/aromatic N) is 2. The predicted octanol–water partition coefficient (Wildman–Crippen LogP) is 0.242. The third-order valence-electron chi connectivity index (χ3n) is 3.62. The zero-order chi connectivity index (χ0) is 12.6. The number of hydrogen-bond acceptors (Lipinski definition) is 5. The van der Waals surface area contributed by atoms with Crippen LogP contribution in [-0.2, 0) is 28.4 Å². The molecule has 0 bridgehead atoms. The molecule has 1 saturated heterocycles. The second-order valence-electron chi connectivity index (χ2n) is 5.10. The van der Waals surface area contributed by atoms with Crippen LogP contribution in [-0.4, -0.2) is 36.7 Å². The van der Waals surface area contributed by atoms with Gasteiger partial charge in [-0.1, -0.05) is 0 Å². The molecule has 1 aromatic heterocycles. The van der Waals surface area contributed by atoms with Crippen LogP contribution < -0.4 is 5.32 Å². The van der Waals surface area contributed by atoms with Crippen LogP contribution in [0.4, 0.5) is 0 Å². The molecule has 1 fully saturated rings. The van der Waals surface area contributed by atoms with E-state index in [0.717, 1.165) is 30.0 Å². The molecule has 2 aliphatic rings. The highest BCUT2D eigenvalue weighted by Gasteiger charge is 2.23. The summed E-state index contributed by atoms with van der Waals surface area (Å²) < 4.78 is 23.0. The second kappa shape index (κ2) is 4.59. The van der Waals surface area contributed by atoms with E-state index in [1.54, 1.807) is 6.20 Å². The van der Waals surface area contributed by atoms with Gasteiger partial charge in [0, 0.05) is 36.3 Å². The summed E-state index contributed by atoms with van der Waals surface area (Å²) >= 11 is 0. The van der Waals surface area contributed by atoms with Gasteiger partial charge >= 0.3 is 0 Å². The van der Waals surface area contributed by atoms with Crippen molar-refractivity contribution in [1.82, 2.24) is 15.3 Å². The summed E-state index contributed by atoms with van der Waals surface area (Å²) in [6.45, 7) is 1.08. The molecule has 1 atom stereocenters. The van der Waals surface area contributed by atoms with Crippen LogP contribution >= 0.6 is 0 Å². The summed E-state index contributed by atoms with van der Waals surface area (Å²) in [5.41, 5.74) is 1.71. The van der Waals surface area contributed by atoms with Crippen LogP contribution in [0.3, 0.4) is 0 Å². The summed E-state index contributed by atoms with van der Waals surface area (Å²) in [7, 11) is -2.92. The maximum Gasteiger partial charge on any atom is 0.154 e. The first-order valence-electron chi connectivity index (χ1n) is 6.40. The second-order valence-corrected chi connectivity index (χ2v) is 7.28. The topological polar surface area (TPSA) is 72.0 Å². The molecule has 0 saturated carbocycles. The summed E-state index contributed by atoms with van der Waals surface area (Å²) in [6, 6.07) is 0.482. The number of nitrogens with one attached hydrogen (secondary N) is 1. The number of rotatable bonds is 2. The number of sulfone groups is 1. The summed E-state index contributed by atoms with van der Waals surface area (Å²) in [4.78, 5) is 8.83. The molecule has 6 heteroatoms. The van der Waals surface area contributed by atoms with E-state index < -0.39 is 9.84 Å². The van der Waals surface area contributed by atoms with Crippen molar-refractivity contribution in [2.45, 2.75) is 37.5 Å². The Bertz CT molecular complexity index is 550. The van der Waals surface area contributed by atoms with Crippen molar-refractivity contribution in [1.29, 1.82) is 0 Å². The molecular formula is C12H17N3O2S. The number of aryl methyl sites for hydroxylation is 1. The smallest absolute Gasteiger partial charge is 0.154 e. The van der Waals surface area contributed by atoms with Gasteiger partial charge in [-0.3, -0.25) is 0 Å². The molecule has 0 aromatic carbocycles. The van der Waals surface area contributed by atoms with E-state index >= 15 is 0 Å². The highest BCUT2D eigenvalue weighted by atomic mass is 32.2. The summed E-state index contributed by atoms with van der Waals surface area (Å²) in [5.74, 6) is 1.16. The molecule has 2 aliphatic heterocycles. The molecule has 98 valence electrons. The van der Waals surface area contributed by atoms with Gasteiger partial charge in [-0.05, 0) is 19.4 Å². The average Bonchev–Trinajstić information content (AvgIpc) is 2.81. The van der Waals surface area contributed by atoms with Gasteiger partial charge in [0.2, 0.25) is 0 Å². The fraction of sp³-hybridized carbons (Fsp3) is 0.667. The first kappa shape index (κ1) is 12.0. The van der Waals surface area contributed by atoms with Gasteiger partial charge in [0.25, 0.3) is 0 Å². The lowest BCUT2D eigenvalue weighted by molar-refractivity contribution is 0.577. The van der Waals surface area contributed by atoms with Crippen LogP contribution in [0.15, 0.2) is 6.20 Å². The molecule has 5 nitrogen and oxygen atoms in total. The van der Waals surface area contributed by atoms with E-state index in [9.17, 15) is 8.42 Å². The molecule has 3 rings (SSSR count). The Morgan fingerprint density at radius 1 is 1.44 bits per heavy atom. The molecule has 0 spiro atoms. The molecule has 1 N–H and O–H groups in total. The minimum atomic E-state index is -2.92. The molecule has 0 aliphatic carbocycles. The Morgan fingerprint density at radius 3 is 3.11 bits per heavy atom. The fourth-order valence-corrected chi connectivity index (χ4v) is 4.00. The molecule has 1 unspecified atom stereocenters. The van der Waals surface area contributed by atoms with Crippen molar-refractivity contribution >= 4 is 9.84 Å². The zero-order valence-corrected chi connectivity index (χ0v) is 11.0. The molecule has 1 aromatic rings. The van der Waals surface area contributed by atoms with E-state index in [2.05, 4.69) is 15.3 Å². The monoisotopic (exact) mass is 267 g/mol. The van der Waals surface area contributed by atoms with Crippen LogP contribution in [0, 0.1) is 0 Å². The lowest BCUT2D eigenvalue weighted by Gasteiger charge is -2.16. The van der Waals surface area contributed by atoms with E-state index in [1.807, 2.05) is 0 Å². The minimum absolute atomic E-state index is 0.101. The van der Waals surface area contributed by atoms with Gasteiger partial charge in [-0.2, -0.15) is 0 Å². The Hall–Kier alpha value is -1.01. The van der Waals surface area contributed by atoms with Crippen LogP contribution in [0.1, 0.15) is 29.9 Å². The maximum absolute atomic E-state index is 11.5. The molecule has 3 heterocycles. The average molecular weight is 267 g/mol. The van der Waals surface area contributed by atoms with Crippen molar-refractivity contribution in [3.05, 3.63) is 23.3 Å². The number of aromatic nitrogens is 2. The van der Waals surface area contributed by atoms with Gasteiger partial charge in [0.15, 0.2) is 9.84 Å². The van der Waals surface area contributed by atoms with Crippen molar-refractivity contribution < 1.29 is 8.42 Å². The molecule has 0 radical (unpaired) electrons. The molecule has 18 heavy (non-hydrogen) atoms. The van der Waals surface area contributed by atoms with E-state index in [4.69, 9.17) is 0 Å². The van der Waals surface area contributed by atoms with E-state index in [1.165, 1.54) is 12.8 Å². The maximum atomic E-state index is 11.5. The third-order valence-corrected chi connectivity index (χ3v) is 5.20. The van der Waals surface area contributed by atoms with Crippen molar-refractivity contribution in [2.75, 3.05) is 12.3 Å². The Balaban J connectivity index is 1.79. The minimum Gasteiger partial charge on any atom is -0.314 e.